The average molecular weight is 266 g/mol. The van der Waals surface area contributed by atoms with E-state index in [1.807, 2.05) is 26.0 Å². The molecule has 1 aliphatic carbocycles. The summed E-state index contributed by atoms with van der Waals surface area (Å²) in [7, 11) is 1.65. The highest BCUT2D eigenvalue weighted by molar-refractivity contribution is 8.01. The highest BCUT2D eigenvalue weighted by Gasteiger charge is 2.45. The van der Waals surface area contributed by atoms with E-state index in [0.29, 0.717) is 0 Å². The molecular formula is C14H18O3S. The van der Waals surface area contributed by atoms with Crippen LogP contribution in [0, 0.1) is 13.8 Å². The van der Waals surface area contributed by atoms with E-state index in [1.165, 1.54) is 11.8 Å². The number of carbonyl (C=O) groups is 1. The quantitative estimate of drug-likeness (QED) is 0.907. The van der Waals surface area contributed by atoms with Crippen LogP contribution in [0.25, 0.3) is 0 Å². The molecule has 0 radical (unpaired) electrons. The average Bonchev–Trinajstić information content (AvgIpc) is 2.28. The summed E-state index contributed by atoms with van der Waals surface area (Å²) in [6, 6.07) is 3.88. The molecule has 1 saturated carbocycles. The van der Waals surface area contributed by atoms with Crippen molar-refractivity contribution in [2.45, 2.75) is 42.8 Å². The van der Waals surface area contributed by atoms with Gasteiger partial charge in [0.2, 0.25) is 0 Å². The van der Waals surface area contributed by atoms with Crippen molar-refractivity contribution in [2.75, 3.05) is 7.11 Å². The predicted molar refractivity (Wildman–Crippen MR) is 72.5 cm³/mol. The molecule has 0 bridgehead atoms. The van der Waals surface area contributed by atoms with Gasteiger partial charge in [0.15, 0.2) is 0 Å². The number of methoxy groups -OCH3 is 1. The molecule has 0 saturated heterocycles. The van der Waals surface area contributed by atoms with Gasteiger partial charge >= 0.3 is 5.97 Å². The Bertz CT molecular complexity index is 478. The molecule has 18 heavy (non-hydrogen) atoms. The number of hydrogen-bond donors (Lipinski definition) is 1. The fraction of sp³-hybridized carbons (Fsp3) is 0.500. The lowest BCUT2D eigenvalue weighted by atomic mass is 9.84. The summed E-state index contributed by atoms with van der Waals surface area (Å²) < 4.78 is 4.67. The van der Waals surface area contributed by atoms with Gasteiger partial charge in [0, 0.05) is 4.90 Å². The lowest BCUT2D eigenvalue weighted by Gasteiger charge is -2.37. The summed E-state index contributed by atoms with van der Waals surface area (Å²) in [6.07, 6.45) is 2.53. The summed E-state index contributed by atoms with van der Waals surface area (Å²) in [6.45, 7) is 4.03. The second kappa shape index (κ2) is 4.84. The van der Waals surface area contributed by atoms with Gasteiger partial charge in [-0.25, -0.2) is 0 Å². The third-order valence-corrected chi connectivity index (χ3v) is 5.40. The van der Waals surface area contributed by atoms with Gasteiger partial charge in [-0.3, -0.25) is 4.79 Å². The maximum Gasteiger partial charge on any atom is 0.320 e. The Balaban J connectivity index is 2.30. The van der Waals surface area contributed by atoms with E-state index < -0.39 is 10.7 Å². The highest BCUT2D eigenvalue weighted by Crippen LogP contribution is 2.49. The van der Waals surface area contributed by atoms with Gasteiger partial charge in [-0.2, -0.15) is 0 Å². The lowest BCUT2D eigenvalue weighted by Crippen LogP contribution is -2.41. The SMILES string of the molecule is COc1ccc(SC2(C(=O)O)CCC2)c(C)c1C. The third-order valence-electron chi connectivity index (χ3n) is 3.76. The zero-order valence-electron chi connectivity index (χ0n) is 10.9. The van der Waals surface area contributed by atoms with Crippen LogP contribution in [0.4, 0.5) is 0 Å². The molecule has 0 heterocycles. The molecular weight excluding hydrogens is 248 g/mol. The molecule has 0 amide bonds. The topological polar surface area (TPSA) is 46.5 Å². The molecule has 0 aromatic heterocycles. The lowest BCUT2D eigenvalue weighted by molar-refractivity contribution is -0.142. The summed E-state index contributed by atoms with van der Waals surface area (Å²) >= 11 is 1.49. The number of benzene rings is 1. The van der Waals surface area contributed by atoms with Crippen molar-refractivity contribution in [3.8, 4) is 5.75 Å². The minimum Gasteiger partial charge on any atom is -0.496 e. The van der Waals surface area contributed by atoms with Crippen LogP contribution in [0.2, 0.25) is 0 Å². The van der Waals surface area contributed by atoms with Gasteiger partial charge in [-0.15, -0.1) is 11.8 Å². The van der Waals surface area contributed by atoms with Crippen LogP contribution in [-0.2, 0) is 4.79 Å². The molecule has 1 aliphatic rings. The Hall–Kier alpha value is -1.16. The Labute approximate surface area is 112 Å². The Morgan fingerprint density at radius 3 is 2.44 bits per heavy atom. The van der Waals surface area contributed by atoms with Crippen LogP contribution in [-0.4, -0.2) is 22.9 Å². The van der Waals surface area contributed by atoms with Crippen molar-refractivity contribution >= 4 is 17.7 Å². The number of thioether (sulfide) groups is 1. The van der Waals surface area contributed by atoms with E-state index >= 15 is 0 Å². The van der Waals surface area contributed by atoms with E-state index in [9.17, 15) is 9.90 Å². The monoisotopic (exact) mass is 266 g/mol. The molecule has 3 nitrogen and oxygen atoms in total. The van der Waals surface area contributed by atoms with Gasteiger partial charge in [-0.1, -0.05) is 0 Å². The first kappa shape index (κ1) is 13.3. The van der Waals surface area contributed by atoms with Crippen LogP contribution < -0.4 is 4.74 Å². The zero-order chi connectivity index (χ0) is 13.3. The van der Waals surface area contributed by atoms with Crippen molar-refractivity contribution in [1.82, 2.24) is 0 Å². The van der Waals surface area contributed by atoms with E-state index in [-0.39, 0.29) is 0 Å². The Kier molecular flexibility index (Phi) is 3.57. The molecule has 2 rings (SSSR count). The third kappa shape index (κ3) is 2.09. The van der Waals surface area contributed by atoms with Crippen molar-refractivity contribution in [3.05, 3.63) is 23.3 Å². The Morgan fingerprint density at radius 1 is 1.33 bits per heavy atom. The number of aliphatic carboxylic acids is 1. The minimum absolute atomic E-state index is 0.605. The van der Waals surface area contributed by atoms with Crippen LogP contribution in [0.5, 0.6) is 5.75 Å². The maximum atomic E-state index is 11.4. The van der Waals surface area contributed by atoms with Crippen LogP contribution in [0.3, 0.4) is 0 Å². The summed E-state index contributed by atoms with van der Waals surface area (Å²) in [5.41, 5.74) is 2.20. The molecule has 1 N–H and O–H groups in total. The maximum absolute atomic E-state index is 11.4. The van der Waals surface area contributed by atoms with Gasteiger partial charge in [0.05, 0.1) is 7.11 Å². The minimum atomic E-state index is -0.688. The fourth-order valence-corrected chi connectivity index (χ4v) is 3.61. The van der Waals surface area contributed by atoms with Crippen LogP contribution in [0.15, 0.2) is 17.0 Å². The second-order valence-electron chi connectivity index (χ2n) is 4.77. The van der Waals surface area contributed by atoms with Crippen molar-refractivity contribution in [3.63, 3.8) is 0 Å². The van der Waals surface area contributed by atoms with Gasteiger partial charge in [-0.05, 0) is 56.4 Å². The largest absolute Gasteiger partial charge is 0.496 e. The van der Waals surface area contributed by atoms with E-state index in [2.05, 4.69) is 0 Å². The molecule has 98 valence electrons. The number of ether oxygens (including phenoxy) is 1. The van der Waals surface area contributed by atoms with Gasteiger partial charge in [0.1, 0.15) is 10.5 Å². The summed E-state index contributed by atoms with van der Waals surface area (Å²) in [5.74, 6) is 0.168. The highest BCUT2D eigenvalue weighted by atomic mass is 32.2. The molecule has 0 unspecified atom stereocenters. The van der Waals surface area contributed by atoms with Crippen molar-refractivity contribution < 1.29 is 14.6 Å². The van der Waals surface area contributed by atoms with Gasteiger partial charge in [0.25, 0.3) is 0 Å². The predicted octanol–water partition coefficient (Wildman–Crippen LogP) is 3.41. The smallest absolute Gasteiger partial charge is 0.320 e. The molecule has 0 aliphatic heterocycles. The number of carboxylic acids is 1. The van der Waals surface area contributed by atoms with E-state index in [0.717, 1.165) is 41.0 Å². The fourth-order valence-electron chi connectivity index (χ4n) is 2.17. The number of rotatable bonds is 4. The zero-order valence-corrected chi connectivity index (χ0v) is 11.8. The molecule has 1 aromatic carbocycles. The molecule has 1 aromatic rings. The van der Waals surface area contributed by atoms with E-state index in [1.54, 1.807) is 7.11 Å². The first-order valence-corrected chi connectivity index (χ1v) is 6.88. The number of hydrogen-bond acceptors (Lipinski definition) is 3. The van der Waals surface area contributed by atoms with Crippen molar-refractivity contribution in [1.29, 1.82) is 0 Å². The normalized spacial score (nSPS) is 17.1. The molecule has 1 fully saturated rings. The first-order valence-electron chi connectivity index (χ1n) is 6.07. The van der Waals surface area contributed by atoms with Gasteiger partial charge < -0.3 is 9.84 Å². The van der Waals surface area contributed by atoms with Crippen molar-refractivity contribution in [2.24, 2.45) is 0 Å². The van der Waals surface area contributed by atoms with E-state index in [4.69, 9.17) is 4.74 Å². The van der Waals surface area contributed by atoms with Crippen LogP contribution in [0.1, 0.15) is 30.4 Å². The van der Waals surface area contributed by atoms with Crippen LogP contribution >= 0.6 is 11.8 Å². The number of carboxylic acid groups (broad SMARTS) is 1. The molecule has 0 spiro atoms. The molecule has 4 heteroatoms. The first-order chi connectivity index (χ1) is 8.50. The summed E-state index contributed by atoms with van der Waals surface area (Å²) in [5, 5.41) is 9.36. The second-order valence-corrected chi connectivity index (χ2v) is 6.20. The standard InChI is InChI=1S/C14H18O3S/c1-9-10(2)12(6-5-11(9)17-3)18-14(13(15)16)7-4-8-14/h5-6H,4,7-8H2,1-3H3,(H,15,16). The molecule has 0 atom stereocenters. The summed E-state index contributed by atoms with van der Waals surface area (Å²) in [4.78, 5) is 12.4. The Morgan fingerprint density at radius 2 is 2.00 bits per heavy atom.